The van der Waals surface area contributed by atoms with E-state index in [9.17, 15) is 4.79 Å². The highest BCUT2D eigenvalue weighted by Crippen LogP contribution is 2.11. The first kappa shape index (κ1) is 18.7. The maximum Gasteiger partial charge on any atom is 0.306 e. The van der Waals surface area contributed by atoms with Crippen LogP contribution in [0.15, 0.2) is 4.99 Å². The van der Waals surface area contributed by atoms with Crippen molar-refractivity contribution in [3.8, 4) is 0 Å². The van der Waals surface area contributed by atoms with Gasteiger partial charge in [-0.3, -0.25) is 9.79 Å². The normalized spacial score (nSPS) is 12.6. The van der Waals surface area contributed by atoms with E-state index >= 15 is 0 Å². The molecule has 0 atom stereocenters. The fraction of sp³-hybridized carbons (Fsp3) is 0.867. The van der Waals surface area contributed by atoms with Crippen molar-refractivity contribution in [1.29, 1.82) is 0 Å². The maximum atomic E-state index is 11.5. The molecule has 0 amide bonds. The molecule has 0 fully saturated rings. The summed E-state index contributed by atoms with van der Waals surface area (Å²) < 4.78 is 5.25. The Kier molecular flexibility index (Phi) is 9.01. The van der Waals surface area contributed by atoms with E-state index in [-0.39, 0.29) is 11.6 Å². The highest BCUT2D eigenvalue weighted by Gasteiger charge is 2.15. The molecule has 5 nitrogen and oxygen atoms in total. The van der Waals surface area contributed by atoms with Gasteiger partial charge in [-0.05, 0) is 47.5 Å². The van der Waals surface area contributed by atoms with Crippen LogP contribution >= 0.6 is 0 Å². The van der Waals surface area contributed by atoms with Crippen LogP contribution in [-0.4, -0.2) is 30.1 Å². The summed E-state index contributed by atoms with van der Waals surface area (Å²) in [5, 5.41) is 3.05. The van der Waals surface area contributed by atoms with Crippen LogP contribution in [-0.2, 0) is 9.53 Å². The lowest BCUT2D eigenvalue weighted by Crippen LogP contribution is -2.36. The van der Waals surface area contributed by atoms with Crippen molar-refractivity contribution >= 4 is 11.9 Å². The number of nitrogens with zero attached hydrogens (tertiary/aromatic N) is 1. The molecule has 118 valence electrons. The van der Waals surface area contributed by atoms with E-state index in [1.54, 1.807) is 0 Å². The molecular weight excluding hydrogens is 254 g/mol. The minimum Gasteiger partial charge on any atom is -0.460 e. The van der Waals surface area contributed by atoms with Gasteiger partial charge >= 0.3 is 5.97 Å². The van der Waals surface area contributed by atoms with Gasteiger partial charge in [-0.25, -0.2) is 0 Å². The average molecular weight is 285 g/mol. The number of aliphatic imine (C=N–C) groups is 1. The summed E-state index contributed by atoms with van der Waals surface area (Å²) in [5.41, 5.74) is 5.31. The Morgan fingerprint density at radius 1 is 1.20 bits per heavy atom. The molecule has 0 aromatic heterocycles. The summed E-state index contributed by atoms with van der Waals surface area (Å²) in [6.07, 6.45) is 4.44. The quantitative estimate of drug-likeness (QED) is 0.311. The molecule has 0 aliphatic carbocycles. The Labute approximate surface area is 123 Å². The first-order valence-electron chi connectivity index (χ1n) is 7.49. The van der Waals surface area contributed by atoms with Crippen LogP contribution in [0.2, 0.25) is 0 Å². The number of nitrogens with one attached hydrogen (secondary N) is 1. The molecular formula is C15H31N3O2. The second kappa shape index (κ2) is 9.61. The van der Waals surface area contributed by atoms with Crippen LogP contribution in [0.4, 0.5) is 0 Å². The molecule has 0 saturated heterocycles. The number of hydrogen-bond acceptors (Lipinski definition) is 3. The van der Waals surface area contributed by atoms with Crippen LogP contribution in [0.3, 0.4) is 0 Å². The fourth-order valence-corrected chi connectivity index (χ4v) is 1.67. The lowest BCUT2D eigenvalue weighted by atomic mass is 10.1. The topological polar surface area (TPSA) is 76.7 Å². The number of hydrogen-bond donors (Lipinski definition) is 2. The zero-order valence-electron chi connectivity index (χ0n) is 13.7. The van der Waals surface area contributed by atoms with Gasteiger partial charge in [0.15, 0.2) is 5.96 Å². The zero-order valence-corrected chi connectivity index (χ0v) is 13.7. The smallest absolute Gasteiger partial charge is 0.306 e. The Morgan fingerprint density at radius 2 is 1.80 bits per heavy atom. The predicted molar refractivity (Wildman–Crippen MR) is 83.7 cm³/mol. The monoisotopic (exact) mass is 285 g/mol. The number of rotatable bonds is 8. The summed E-state index contributed by atoms with van der Waals surface area (Å²) in [4.78, 5) is 15.7. The molecule has 0 radical (unpaired) electrons. The standard InChI is InChI=1S/C15H31N3O2/c1-12(2)18-14(16)17-11-9-7-6-8-10-13(19)20-15(3,4)5/h12H,6-11H2,1-5H3,(H3,16,17,18). The van der Waals surface area contributed by atoms with E-state index in [2.05, 4.69) is 10.3 Å². The van der Waals surface area contributed by atoms with E-state index in [4.69, 9.17) is 10.5 Å². The highest BCUT2D eigenvalue weighted by molar-refractivity contribution is 5.78. The van der Waals surface area contributed by atoms with E-state index < -0.39 is 0 Å². The number of carbonyl (C=O) groups excluding carboxylic acids is 1. The molecule has 0 aliphatic rings. The molecule has 0 aromatic carbocycles. The molecule has 3 N–H and O–H groups in total. The number of esters is 1. The molecule has 0 heterocycles. The van der Waals surface area contributed by atoms with Crippen LogP contribution in [0.25, 0.3) is 0 Å². The molecule has 0 rings (SSSR count). The van der Waals surface area contributed by atoms with Gasteiger partial charge in [0.1, 0.15) is 5.60 Å². The number of ether oxygens (including phenoxy) is 1. The molecule has 0 unspecified atom stereocenters. The molecule has 0 aromatic rings. The Hall–Kier alpha value is -1.26. The lowest BCUT2D eigenvalue weighted by molar-refractivity contribution is -0.154. The van der Waals surface area contributed by atoms with E-state index in [0.717, 1.165) is 32.2 Å². The highest BCUT2D eigenvalue weighted by atomic mass is 16.6. The van der Waals surface area contributed by atoms with Crippen molar-refractivity contribution < 1.29 is 9.53 Å². The van der Waals surface area contributed by atoms with Gasteiger partial charge in [-0.2, -0.15) is 0 Å². The van der Waals surface area contributed by atoms with Crippen molar-refractivity contribution in [3.63, 3.8) is 0 Å². The SMILES string of the molecule is CC(C)NC(N)=NCCCCCCC(=O)OC(C)(C)C. The summed E-state index contributed by atoms with van der Waals surface area (Å²) in [6.45, 7) is 10.4. The maximum absolute atomic E-state index is 11.5. The van der Waals surface area contributed by atoms with Gasteiger partial charge < -0.3 is 15.8 Å². The fourth-order valence-electron chi connectivity index (χ4n) is 1.67. The summed E-state index contributed by atoms with van der Waals surface area (Å²) >= 11 is 0. The molecule has 0 spiro atoms. The van der Waals surface area contributed by atoms with Crippen molar-refractivity contribution in [1.82, 2.24) is 5.32 Å². The lowest BCUT2D eigenvalue weighted by Gasteiger charge is -2.19. The minimum absolute atomic E-state index is 0.110. The van der Waals surface area contributed by atoms with Gasteiger partial charge in [0.05, 0.1) is 0 Å². The first-order chi connectivity index (χ1) is 9.20. The Bertz CT molecular complexity index is 307. The summed E-state index contributed by atoms with van der Waals surface area (Å²) in [7, 11) is 0. The van der Waals surface area contributed by atoms with Gasteiger partial charge in [-0.1, -0.05) is 12.8 Å². The van der Waals surface area contributed by atoms with Crippen molar-refractivity contribution in [2.24, 2.45) is 10.7 Å². The van der Waals surface area contributed by atoms with Gasteiger partial charge in [0, 0.05) is 19.0 Å². The Morgan fingerprint density at radius 3 is 2.35 bits per heavy atom. The summed E-state index contributed by atoms with van der Waals surface area (Å²) in [5.74, 6) is 0.398. The zero-order chi connectivity index (χ0) is 15.6. The Balaban J connectivity index is 3.52. The van der Waals surface area contributed by atoms with Gasteiger partial charge in [-0.15, -0.1) is 0 Å². The van der Waals surface area contributed by atoms with Crippen LogP contribution in [0, 0.1) is 0 Å². The molecule has 0 bridgehead atoms. The summed E-state index contributed by atoms with van der Waals surface area (Å²) in [6, 6.07) is 0.313. The second-order valence-corrected chi connectivity index (χ2v) is 6.32. The van der Waals surface area contributed by atoms with Crippen molar-refractivity contribution in [2.75, 3.05) is 6.54 Å². The number of carbonyl (C=O) groups is 1. The van der Waals surface area contributed by atoms with Crippen molar-refractivity contribution in [3.05, 3.63) is 0 Å². The third-order valence-corrected chi connectivity index (χ3v) is 2.43. The molecule has 0 aliphatic heterocycles. The third kappa shape index (κ3) is 13.2. The van der Waals surface area contributed by atoms with Gasteiger partial charge in [0.2, 0.25) is 0 Å². The molecule has 5 heteroatoms. The van der Waals surface area contributed by atoms with Crippen LogP contribution in [0.5, 0.6) is 0 Å². The number of guanidine groups is 1. The minimum atomic E-state index is -0.382. The van der Waals surface area contributed by atoms with E-state index in [0.29, 0.717) is 18.4 Å². The largest absolute Gasteiger partial charge is 0.460 e. The van der Waals surface area contributed by atoms with Crippen LogP contribution in [0.1, 0.15) is 66.7 Å². The van der Waals surface area contributed by atoms with Crippen LogP contribution < -0.4 is 11.1 Å². The number of unbranched alkanes of at least 4 members (excludes halogenated alkanes) is 3. The predicted octanol–water partition coefficient (Wildman–Crippen LogP) is 2.59. The molecule has 0 saturated carbocycles. The van der Waals surface area contributed by atoms with E-state index in [1.807, 2.05) is 34.6 Å². The van der Waals surface area contributed by atoms with Gasteiger partial charge in [0.25, 0.3) is 0 Å². The number of nitrogens with two attached hydrogens (primary N) is 1. The first-order valence-corrected chi connectivity index (χ1v) is 7.49. The second-order valence-electron chi connectivity index (χ2n) is 6.32. The third-order valence-electron chi connectivity index (χ3n) is 2.43. The molecule has 20 heavy (non-hydrogen) atoms. The average Bonchev–Trinajstić information content (AvgIpc) is 2.24. The van der Waals surface area contributed by atoms with E-state index in [1.165, 1.54) is 0 Å². The van der Waals surface area contributed by atoms with Crippen molar-refractivity contribution in [2.45, 2.75) is 78.4 Å².